The van der Waals surface area contributed by atoms with E-state index in [0.717, 1.165) is 16.1 Å². The van der Waals surface area contributed by atoms with Crippen molar-refractivity contribution in [3.8, 4) is 10.6 Å². The second-order valence-corrected chi connectivity index (χ2v) is 6.59. The quantitative estimate of drug-likeness (QED) is 0.519. The van der Waals surface area contributed by atoms with Crippen LogP contribution in [0.2, 0.25) is 0 Å². The number of nitrogens with one attached hydrogen (secondary N) is 1. The summed E-state index contributed by atoms with van der Waals surface area (Å²) in [5, 5.41) is 5.25. The number of nitrogens with zero attached hydrogens (tertiary/aromatic N) is 1. The standard InChI is InChI=1S/C21H18N2O3S/c1-15(24)22-19(12-16-8-4-2-5-9-16)21(25)26-13-18-14-27-20(23-18)17-10-6-3-7-11-17/h2-12,14H,13H2,1H3,(H,22,24)/b19-12-. The van der Waals surface area contributed by atoms with Gasteiger partial charge in [-0.3, -0.25) is 4.79 Å². The average Bonchev–Trinajstić information content (AvgIpc) is 3.16. The smallest absolute Gasteiger partial charge is 0.355 e. The number of carbonyl (C=O) groups excluding carboxylic acids is 2. The van der Waals surface area contributed by atoms with Crippen molar-refractivity contribution in [1.29, 1.82) is 0 Å². The fourth-order valence-corrected chi connectivity index (χ4v) is 3.17. The molecule has 0 aliphatic heterocycles. The second-order valence-electron chi connectivity index (χ2n) is 5.74. The summed E-state index contributed by atoms with van der Waals surface area (Å²) in [5.74, 6) is -0.947. The van der Waals surface area contributed by atoms with Crippen LogP contribution in [0.1, 0.15) is 18.2 Å². The first-order valence-corrected chi connectivity index (χ1v) is 9.21. The topological polar surface area (TPSA) is 68.3 Å². The van der Waals surface area contributed by atoms with Crippen LogP contribution in [0.3, 0.4) is 0 Å². The Bertz CT molecular complexity index is 950. The van der Waals surface area contributed by atoms with Crippen molar-refractivity contribution >= 4 is 29.3 Å². The lowest BCUT2D eigenvalue weighted by atomic mass is 10.2. The van der Waals surface area contributed by atoms with Crippen LogP contribution in [0.15, 0.2) is 71.7 Å². The number of hydrogen-bond donors (Lipinski definition) is 1. The molecule has 1 heterocycles. The predicted octanol–water partition coefficient (Wildman–Crippen LogP) is 4.03. The van der Waals surface area contributed by atoms with Gasteiger partial charge in [0.25, 0.3) is 0 Å². The summed E-state index contributed by atoms with van der Waals surface area (Å²) < 4.78 is 5.33. The van der Waals surface area contributed by atoms with E-state index >= 15 is 0 Å². The molecule has 3 rings (SSSR count). The minimum Gasteiger partial charge on any atom is -0.454 e. The van der Waals surface area contributed by atoms with E-state index in [-0.39, 0.29) is 18.2 Å². The maximum Gasteiger partial charge on any atom is 0.355 e. The van der Waals surface area contributed by atoms with Crippen LogP contribution in [0.5, 0.6) is 0 Å². The van der Waals surface area contributed by atoms with Crippen molar-refractivity contribution in [2.24, 2.45) is 0 Å². The van der Waals surface area contributed by atoms with E-state index < -0.39 is 5.97 Å². The monoisotopic (exact) mass is 378 g/mol. The molecule has 0 aliphatic rings. The van der Waals surface area contributed by atoms with E-state index in [1.54, 1.807) is 6.08 Å². The zero-order valence-electron chi connectivity index (χ0n) is 14.7. The lowest BCUT2D eigenvalue weighted by Gasteiger charge is -2.08. The number of aromatic nitrogens is 1. The van der Waals surface area contributed by atoms with Gasteiger partial charge in [0.2, 0.25) is 5.91 Å². The number of thiazole rings is 1. The van der Waals surface area contributed by atoms with E-state index in [1.807, 2.05) is 66.0 Å². The molecule has 1 amide bonds. The molecule has 0 atom stereocenters. The summed E-state index contributed by atoms with van der Waals surface area (Å²) in [4.78, 5) is 28.3. The number of hydrogen-bond acceptors (Lipinski definition) is 5. The van der Waals surface area contributed by atoms with Gasteiger partial charge >= 0.3 is 5.97 Å². The Morgan fingerprint density at radius 3 is 2.41 bits per heavy atom. The van der Waals surface area contributed by atoms with E-state index in [0.29, 0.717) is 5.69 Å². The van der Waals surface area contributed by atoms with E-state index in [9.17, 15) is 9.59 Å². The highest BCUT2D eigenvalue weighted by molar-refractivity contribution is 7.13. The molecule has 0 radical (unpaired) electrons. The van der Waals surface area contributed by atoms with E-state index in [2.05, 4.69) is 10.3 Å². The molecule has 1 aromatic heterocycles. The Morgan fingerprint density at radius 1 is 1.07 bits per heavy atom. The second kappa shape index (κ2) is 8.91. The highest BCUT2D eigenvalue weighted by Gasteiger charge is 2.14. The Morgan fingerprint density at radius 2 is 1.74 bits per heavy atom. The summed E-state index contributed by atoms with van der Waals surface area (Å²) >= 11 is 1.49. The molecular weight excluding hydrogens is 360 g/mol. The van der Waals surface area contributed by atoms with Crippen LogP contribution >= 0.6 is 11.3 Å². The van der Waals surface area contributed by atoms with Crippen LogP contribution < -0.4 is 5.32 Å². The minimum atomic E-state index is -0.608. The van der Waals surface area contributed by atoms with Gasteiger partial charge in [0.05, 0.1) is 5.69 Å². The van der Waals surface area contributed by atoms with Crippen molar-refractivity contribution in [2.45, 2.75) is 13.5 Å². The third-order valence-electron chi connectivity index (χ3n) is 3.56. The van der Waals surface area contributed by atoms with Crippen molar-refractivity contribution in [3.05, 3.63) is 83.0 Å². The maximum absolute atomic E-state index is 12.4. The molecule has 0 spiro atoms. The third-order valence-corrected chi connectivity index (χ3v) is 4.50. The fraction of sp³-hybridized carbons (Fsp3) is 0.0952. The van der Waals surface area contributed by atoms with Gasteiger partial charge in [0.1, 0.15) is 17.3 Å². The number of benzene rings is 2. The molecule has 0 saturated carbocycles. The Hall–Kier alpha value is -3.25. The highest BCUT2D eigenvalue weighted by atomic mass is 32.1. The van der Waals surface area contributed by atoms with E-state index in [4.69, 9.17) is 4.74 Å². The number of carbonyl (C=O) groups is 2. The molecule has 0 saturated heterocycles. The van der Waals surface area contributed by atoms with Gasteiger partial charge in [0, 0.05) is 17.9 Å². The van der Waals surface area contributed by atoms with Crippen molar-refractivity contribution < 1.29 is 14.3 Å². The van der Waals surface area contributed by atoms with Crippen molar-refractivity contribution in [1.82, 2.24) is 10.3 Å². The van der Waals surface area contributed by atoms with Crippen LogP contribution in [0, 0.1) is 0 Å². The summed E-state index contributed by atoms with van der Waals surface area (Å²) in [6.07, 6.45) is 1.58. The number of amides is 1. The summed E-state index contributed by atoms with van der Waals surface area (Å²) in [6.45, 7) is 1.38. The lowest BCUT2D eigenvalue weighted by Crippen LogP contribution is -2.26. The number of rotatable bonds is 6. The number of ether oxygens (including phenoxy) is 1. The molecule has 6 heteroatoms. The lowest BCUT2D eigenvalue weighted by molar-refractivity contribution is -0.141. The zero-order chi connectivity index (χ0) is 19.1. The van der Waals surface area contributed by atoms with Gasteiger partial charge in [-0.05, 0) is 11.6 Å². The average molecular weight is 378 g/mol. The van der Waals surface area contributed by atoms with Gasteiger partial charge in [-0.15, -0.1) is 11.3 Å². The molecular formula is C21H18N2O3S. The first-order valence-electron chi connectivity index (χ1n) is 8.33. The molecule has 3 aromatic rings. The maximum atomic E-state index is 12.4. The van der Waals surface area contributed by atoms with Crippen LogP contribution in [-0.2, 0) is 20.9 Å². The Kier molecular flexibility index (Phi) is 6.12. The van der Waals surface area contributed by atoms with Crippen molar-refractivity contribution in [2.75, 3.05) is 0 Å². The highest BCUT2D eigenvalue weighted by Crippen LogP contribution is 2.23. The van der Waals surface area contributed by atoms with Gasteiger partial charge < -0.3 is 10.1 Å². The molecule has 5 nitrogen and oxygen atoms in total. The van der Waals surface area contributed by atoms with Crippen LogP contribution in [0.25, 0.3) is 16.6 Å². The van der Waals surface area contributed by atoms with Gasteiger partial charge in [-0.25, -0.2) is 9.78 Å². The SMILES string of the molecule is CC(=O)N/C(=C\c1ccccc1)C(=O)OCc1csc(-c2ccccc2)n1. The van der Waals surface area contributed by atoms with Gasteiger partial charge in [-0.1, -0.05) is 60.7 Å². The largest absolute Gasteiger partial charge is 0.454 e. The normalized spacial score (nSPS) is 11.1. The van der Waals surface area contributed by atoms with Crippen LogP contribution in [0.4, 0.5) is 0 Å². The van der Waals surface area contributed by atoms with E-state index in [1.165, 1.54) is 18.3 Å². The molecule has 2 aromatic carbocycles. The summed E-state index contributed by atoms with van der Waals surface area (Å²) in [5.41, 5.74) is 2.56. The minimum absolute atomic E-state index is 0.0356. The molecule has 1 N–H and O–H groups in total. The Labute approximate surface area is 161 Å². The first kappa shape index (κ1) is 18.5. The number of esters is 1. The molecule has 0 unspecified atom stereocenters. The molecule has 0 fully saturated rings. The fourth-order valence-electron chi connectivity index (χ4n) is 2.36. The van der Waals surface area contributed by atoms with Crippen molar-refractivity contribution in [3.63, 3.8) is 0 Å². The van der Waals surface area contributed by atoms with Gasteiger partial charge in [-0.2, -0.15) is 0 Å². The first-order chi connectivity index (χ1) is 13.1. The third kappa shape index (κ3) is 5.36. The van der Waals surface area contributed by atoms with Gasteiger partial charge in [0.15, 0.2) is 0 Å². The zero-order valence-corrected chi connectivity index (χ0v) is 15.5. The molecule has 0 aliphatic carbocycles. The summed E-state index contributed by atoms with van der Waals surface area (Å²) in [6, 6.07) is 19.0. The predicted molar refractivity (Wildman–Crippen MR) is 106 cm³/mol. The molecule has 27 heavy (non-hydrogen) atoms. The molecule has 136 valence electrons. The Balaban J connectivity index is 1.68. The summed E-state index contributed by atoms with van der Waals surface area (Å²) in [7, 11) is 0. The molecule has 0 bridgehead atoms. The van der Waals surface area contributed by atoms with Crippen LogP contribution in [-0.4, -0.2) is 16.9 Å².